The van der Waals surface area contributed by atoms with Gasteiger partial charge in [0.05, 0.1) is 31.8 Å². The first-order chi connectivity index (χ1) is 16.8. The Morgan fingerprint density at radius 3 is 2.63 bits per heavy atom. The van der Waals surface area contributed by atoms with Gasteiger partial charge >= 0.3 is 5.97 Å². The SMILES string of the molecule is CC(C)(COCCOCC(=O)N1CCc2c(n(Cc3ccc(F)cc3)c3ncccc23)C1)C(=O)O. The van der Waals surface area contributed by atoms with E-state index in [2.05, 4.69) is 15.6 Å². The summed E-state index contributed by atoms with van der Waals surface area (Å²) in [6.07, 6.45) is 2.47. The van der Waals surface area contributed by atoms with Crippen molar-refractivity contribution in [3.8, 4) is 0 Å². The highest BCUT2D eigenvalue weighted by Gasteiger charge is 2.28. The minimum absolute atomic E-state index is 0.0706. The molecule has 1 aromatic carbocycles. The summed E-state index contributed by atoms with van der Waals surface area (Å²) in [5.74, 6) is -1.32. The van der Waals surface area contributed by atoms with Crippen molar-refractivity contribution in [2.75, 3.05) is 33.0 Å². The summed E-state index contributed by atoms with van der Waals surface area (Å²) in [5.41, 5.74) is 3.06. The molecule has 4 rings (SSSR count). The molecule has 1 N–H and O–H groups in total. The third-order valence-corrected chi connectivity index (χ3v) is 6.26. The molecule has 1 aliphatic rings. The van der Waals surface area contributed by atoms with Crippen LogP contribution >= 0.6 is 0 Å². The Labute approximate surface area is 203 Å². The zero-order valence-electron chi connectivity index (χ0n) is 20.0. The largest absolute Gasteiger partial charge is 0.481 e. The van der Waals surface area contributed by atoms with Gasteiger partial charge in [-0.1, -0.05) is 12.1 Å². The number of aliphatic carboxylic acids is 1. The van der Waals surface area contributed by atoms with E-state index in [1.807, 2.05) is 6.07 Å². The van der Waals surface area contributed by atoms with Crippen molar-refractivity contribution in [3.63, 3.8) is 0 Å². The molecule has 0 aliphatic carbocycles. The van der Waals surface area contributed by atoms with Crippen molar-refractivity contribution in [2.24, 2.45) is 5.41 Å². The summed E-state index contributed by atoms with van der Waals surface area (Å²) in [6, 6.07) is 10.4. The zero-order valence-corrected chi connectivity index (χ0v) is 20.0. The molecular weight excluding hydrogens is 453 g/mol. The van der Waals surface area contributed by atoms with Gasteiger partial charge in [-0.2, -0.15) is 0 Å². The number of aromatic nitrogens is 2. The Balaban J connectivity index is 1.38. The van der Waals surface area contributed by atoms with Crippen LogP contribution in [0.5, 0.6) is 0 Å². The number of hydrogen-bond acceptors (Lipinski definition) is 5. The Hall–Kier alpha value is -3.30. The van der Waals surface area contributed by atoms with Crippen LogP contribution in [0.25, 0.3) is 11.0 Å². The Kier molecular flexibility index (Phi) is 7.47. The van der Waals surface area contributed by atoms with E-state index in [-0.39, 0.29) is 38.2 Å². The van der Waals surface area contributed by atoms with Crippen LogP contribution in [0.1, 0.15) is 30.7 Å². The molecule has 0 saturated carbocycles. The summed E-state index contributed by atoms with van der Waals surface area (Å²) >= 11 is 0. The molecule has 0 spiro atoms. The van der Waals surface area contributed by atoms with Gasteiger partial charge in [0.25, 0.3) is 0 Å². The van der Waals surface area contributed by atoms with Gasteiger partial charge < -0.3 is 24.0 Å². The maximum atomic E-state index is 13.4. The number of pyridine rings is 1. The lowest BCUT2D eigenvalue weighted by Crippen LogP contribution is -2.39. The smallest absolute Gasteiger partial charge is 0.311 e. The fourth-order valence-electron chi connectivity index (χ4n) is 4.17. The minimum Gasteiger partial charge on any atom is -0.481 e. The van der Waals surface area contributed by atoms with Crippen LogP contribution in [-0.4, -0.2) is 64.4 Å². The van der Waals surface area contributed by atoms with Crippen molar-refractivity contribution in [2.45, 2.75) is 33.4 Å². The number of carbonyl (C=O) groups is 2. The first-order valence-electron chi connectivity index (χ1n) is 11.6. The second-order valence-electron chi connectivity index (χ2n) is 9.37. The standard InChI is InChI=1S/C26H30FN3O5/c1-26(2,25(32)33)17-35-13-12-34-16-23(31)29-11-9-20-21-4-3-10-28-24(21)30(22(20)15-29)14-18-5-7-19(27)8-6-18/h3-8,10H,9,11-17H2,1-2H3,(H,32,33). The lowest BCUT2D eigenvalue weighted by atomic mass is 9.95. The van der Waals surface area contributed by atoms with Crippen LogP contribution < -0.4 is 0 Å². The number of hydrogen-bond donors (Lipinski definition) is 1. The fraction of sp³-hybridized carbons (Fsp3) is 0.423. The molecule has 0 atom stereocenters. The predicted octanol–water partition coefficient (Wildman–Crippen LogP) is 3.25. The van der Waals surface area contributed by atoms with E-state index < -0.39 is 11.4 Å². The lowest BCUT2D eigenvalue weighted by molar-refractivity contribution is -0.150. The van der Waals surface area contributed by atoms with Crippen molar-refractivity contribution in [3.05, 3.63) is 65.2 Å². The third kappa shape index (κ3) is 5.68. The molecule has 3 aromatic rings. The van der Waals surface area contributed by atoms with Crippen molar-refractivity contribution < 1.29 is 28.6 Å². The molecule has 0 bridgehead atoms. The van der Waals surface area contributed by atoms with Crippen molar-refractivity contribution in [1.82, 2.24) is 14.5 Å². The second-order valence-corrected chi connectivity index (χ2v) is 9.37. The number of carboxylic acid groups (broad SMARTS) is 1. The van der Waals surface area contributed by atoms with E-state index in [0.29, 0.717) is 26.1 Å². The van der Waals surface area contributed by atoms with Crippen LogP contribution in [0.4, 0.5) is 4.39 Å². The maximum absolute atomic E-state index is 13.4. The molecule has 8 nitrogen and oxygen atoms in total. The number of ether oxygens (including phenoxy) is 2. The molecule has 0 fully saturated rings. The van der Waals surface area contributed by atoms with Gasteiger partial charge in [0.1, 0.15) is 18.1 Å². The van der Waals surface area contributed by atoms with E-state index >= 15 is 0 Å². The summed E-state index contributed by atoms with van der Waals surface area (Å²) < 4.78 is 26.4. The Morgan fingerprint density at radius 1 is 1.14 bits per heavy atom. The average Bonchev–Trinajstić information content (AvgIpc) is 3.15. The minimum atomic E-state index is -0.970. The quantitative estimate of drug-likeness (QED) is 0.445. The topological polar surface area (TPSA) is 93.9 Å². The van der Waals surface area contributed by atoms with Gasteiger partial charge in [-0.05, 0) is 55.7 Å². The molecule has 9 heteroatoms. The molecule has 3 heterocycles. The van der Waals surface area contributed by atoms with E-state index in [1.54, 1.807) is 37.1 Å². The molecule has 1 aliphatic heterocycles. The van der Waals surface area contributed by atoms with Crippen molar-refractivity contribution in [1.29, 1.82) is 0 Å². The number of carboxylic acids is 1. The van der Waals surface area contributed by atoms with Gasteiger partial charge in [-0.3, -0.25) is 9.59 Å². The number of halogens is 1. The second kappa shape index (κ2) is 10.5. The number of benzene rings is 1. The first-order valence-corrected chi connectivity index (χ1v) is 11.6. The highest BCUT2D eigenvalue weighted by atomic mass is 19.1. The van der Waals surface area contributed by atoms with Crippen LogP contribution in [-0.2, 0) is 38.6 Å². The predicted molar refractivity (Wildman–Crippen MR) is 127 cm³/mol. The first kappa shape index (κ1) is 24.8. The van der Waals surface area contributed by atoms with Crippen LogP contribution in [0.3, 0.4) is 0 Å². The van der Waals surface area contributed by atoms with E-state index in [1.165, 1.54) is 17.7 Å². The molecular formula is C26H30FN3O5. The van der Waals surface area contributed by atoms with E-state index in [9.17, 15) is 14.0 Å². The summed E-state index contributed by atoms with van der Waals surface area (Å²) in [7, 11) is 0. The van der Waals surface area contributed by atoms with E-state index in [0.717, 1.165) is 22.3 Å². The average molecular weight is 484 g/mol. The number of carbonyl (C=O) groups excluding carboxylic acids is 1. The molecule has 0 radical (unpaired) electrons. The van der Waals surface area contributed by atoms with Crippen LogP contribution in [0.15, 0.2) is 42.6 Å². The fourth-order valence-corrected chi connectivity index (χ4v) is 4.17. The summed E-state index contributed by atoms with van der Waals surface area (Å²) in [5, 5.41) is 10.2. The highest BCUT2D eigenvalue weighted by molar-refractivity contribution is 5.84. The van der Waals surface area contributed by atoms with E-state index in [4.69, 9.17) is 14.6 Å². The Morgan fingerprint density at radius 2 is 1.89 bits per heavy atom. The molecule has 0 unspecified atom stereocenters. The molecule has 0 saturated heterocycles. The van der Waals surface area contributed by atoms with Gasteiger partial charge in [0.2, 0.25) is 5.91 Å². The van der Waals surface area contributed by atoms with Gasteiger partial charge in [0.15, 0.2) is 0 Å². The normalized spacial score (nSPS) is 13.7. The number of fused-ring (bicyclic) bond motifs is 3. The van der Waals surface area contributed by atoms with Gasteiger partial charge in [-0.25, -0.2) is 9.37 Å². The zero-order chi connectivity index (χ0) is 25.0. The monoisotopic (exact) mass is 483 g/mol. The molecule has 2 aromatic heterocycles. The number of nitrogens with zero attached hydrogens (tertiary/aromatic N) is 3. The number of amides is 1. The van der Waals surface area contributed by atoms with Crippen LogP contribution in [0, 0.1) is 11.2 Å². The maximum Gasteiger partial charge on any atom is 0.311 e. The molecule has 1 amide bonds. The van der Waals surface area contributed by atoms with Crippen LogP contribution in [0.2, 0.25) is 0 Å². The van der Waals surface area contributed by atoms with Gasteiger partial charge in [0, 0.05) is 30.4 Å². The molecule has 186 valence electrons. The molecule has 35 heavy (non-hydrogen) atoms. The third-order valence-electron chi connectivity index (χ3n) is 6.26. The highest BCUT2D eigenvalue weighted by Crippen LogP contribution is 2.30. The summed E-state index contributed by atoms with van der Waals surface area (Å²) in [6.45, 7) is 5.16. The number of rotatable bonds is 10. The summed E-state index contributed by atoms with van der Waals surface area (Å²) in [4.78, 5) is 30.3. The van der Waals surface area contributed by atoms with Crippen molar-refractivity contribution >= 4 is 22.9 Å². The lowest BCUT2D eigenvalue weighted by Gasteiger charge is -2.28. The Bertz CT molecular complexity index is 1210. The van der Waals surface area contributed by atoms with Gasteiger partial charge in [-0.15, -0.1) is 0 Å².